The molecule has 0 aliphatic carbocycles. The van der Waals surface area contributed by atoms with Crippen LogP contribution in [0.5, 0.6) is 0 Å². The van der Waals surface area contributed by atoms with Crippen molar-refractivity contribution in [2.24, 2.45) is 0 Å². The Morgan fingerprint density at radius 1 is 1.50 bits per heavy atom. The van der Waals surface area contributed by atoms with E-state index >= 15 is 0 Å². The number of rotatable bonds is 5. The molecule has 1 aromatic rings. The van der Waals surface area contributed by atoms with Crippen LogP contribution in [-0.4, -0.2) is 24.5 Å². The fourth-order valence-corrected chi connectivity index (χ4v) is 2.50. The second kappa shape index (κ2) is 5.96. The van der Waals surface area contributed by atoms with E-state index in [1.807, 2.05) is 27.8 Å². The molecule has 0 spiro atoms. The van der Waals surface area contributed by atoms with Crippen molar-refractivity contribution in [3.63, 3.8) is 0 Å². The fourth-order valence-electron chi connectivity index (χ4n) is 1.57. The SMILES string of the molecule is CNCCC(=O)NC(C)c1sc(C)nc1C. The first kappa shape index (κ1) is 13.1. The van der Waals surface area contributed by atoms with Gasteiger partial charge in [0, 0.05) is 17.8 Å². The monoisotopic (exact) mass is 241 g/mol. The molecule has 1 unspecified atom stereocenters. The van der Waals surface area contributed by atoms with Crippen molar-refractivity contribution in [2.75, 3.05) is 13.6 Å². The molecule has 0 fully saturated rings. The van der Waals surface area contributed by atoms with Crippen LogP contribution in [0.2, 0.25) is 0 Å². The number of aryl methyl sites for hydroxylation is 2. The first-order valence-electron chi connectivity index (χ1n) is 5.42. The van der Waals surface area contributed by atoms with E-state index in [1.54, 1.807) is 11.3 Å². The van der Waals surface area contributed by atoms with Crippen molar-refractivity contribution in [3.8, 4) is 0 Å². The second-order valence-electron chi connectivity index (χ2n) is 3.83. The molecule has 4 nitrogen and oxygen atoms in total. The van der Waals surface area contributed by atoms with Crippen LogP contribution in [0.4, 0.5) is 0 Å². The van der Waals surface area contributed by atoms with Gasteiger partial charge in [0.05, 0.1) is 16.7 Å². The number of hydrogen-bond acceptors (Lipinski definition) is 4. The molecule has 0 saturated heterocycles. The van der Waals surface area contributed by atoms with Crippen LogP contribution in [0.25, 0.3) is 0 Å². The van der Waals surface area contributed by atoms with Crippen molar-refractivity contribution in [1.29, 1.82) is 0 Å². The molecule has 1 heterocycles. The minimum Gasteiger partial charge on any atom is -0.349 e. The molecule has 1 amide bonds. The first-order valence-corrected chi connectivity index (χ1v) is 6.24. The maximum atomic E-state index is 11.5. The Kier molecular flexibility index (Phi) is 4.89. The number of nitrogens with one attached hydrogen (secondary N) is 2. The summed E-state index contributed by atoms with van der Waals surface area (Å²) in [7, 11) is 1.84. The highest BCUT2D eigenvalue weighted by atomic mass is 32.1. The van der Waals surface area contributed by atoms with E-state index in [0.29, 0.717) is 13.0 Å². The average molecular weight is 241 g/mol. The van der Waals surface area contributed by atoms with Gasteiger partial charge in [-0.15, -0.1) is 11.3 Å². The smallest absolute Gasteiger partial charge is 0.221 e. The Hall–Kier alpha value is -0.940. The topological polar surface area (TPSA) is 54.0 Å². The maximum absolute atomic E-state index is 11.5. The fraction of sp³-hybridized carbons (Fsp3) is 0.636. The van der Waals surface area contributed by atoms with Crippen LogP contribution in [-0.2, 0) is 4.79 Å². The lowest BCUT2D eigenvalue weighted by Gasteiger charge is -2.12. The van der Waals surface area contributed by atoms with E-state index in [2.05, 4.69) is 15.6 Å². The van der Waals surface area contributed by atoms with Gasteiger partial charge >= 0.3 is 0 Å². The van der Waals surface area contributed by atoms with Crippen LogP contribution in [0.3, 0.4) is 0 Å². The highest BCUT2D eigenvalue weighted by Gasteiger charge is 2.14. The largest absolute Gasteiger partial charge is 0.349 e. The normalized spacial score (nSPS) is 12.5. The average Bonchev–Trinajstić information content (AvgIpc) is 2.54. The Morgan fingerprint density at radius 2 is 2.19 bits per heavy atom. The highest BCUT2D eigenvalue weighted by molar-refractivity contribution is 7.11. The van der Waals surface area contributed by atoms with Crippen molar-refractivity contribution >= 4 is 17.2 Å². The Labute approximate surface area is 100 Å². The molecular weight excluding hydrogens is 222 g/mol. The summed E-state index contributed by atoms with van der Waals surface area (Å²) < 4.78 is 0. The molecule has 0 aromatic carbocycles. The van der Waals surface area contributed by atoms with Gasteiger partial charge in [0.2, 0.25) is 5.91 Å². The summed E-state index contributed by atoms with van der Waals surface area (Å²) in [6.07, 6.45) is 0.512. The lowest BCUT2D eigenvalue weighted by Crippen LogP contribution is -2.28. The van der Waals surface area contributed by atoms with Gasteiger partial charge in [0.25, 0.3) is 0 Å². The summed E-state index contributed by atoms with van der Waals surface area (Å²) in [6.45, 7) is 6.67. The summed E-state index contributed by atoms with van der Waals surface area (Å²) in [5.41, 5.74) is 1.02. The van der Waals surface area contributed by atoms with Crippen molar-refractivity contribution in [1.82, 2.24) is 15.6 Å². The third-order valence-corrected chi connectivity index (χ3v) is 3.57. The number of nitrogens with zero attached hydrogens (tertiary/aromatic N) is 1. The van der Waals surface area contributed by atoms with Gasteiger partial charge in [0.15, 0.2) is 0 Å². The zero-order valence-corrected chi connectivity index (χ0v) is 11.1. The molecule has 0 aliphatic rings. The molecule has 16 heavy (non-hydrogen) atoms. The molecule has 0 bridgehead atoms. The predicted molar refractivity (Wildman–Crippen MR) is 66.7 cm³/mol. The second-order valence-corrected chi connectivity index (χ2v) is 5.06. The van der Waals surface area contributed by atoms with Crippen LogP contribution >= 0.6 is 11.3 Å². The number of amides is 1. The van der Waals surface area contributed by atoms with Crippen molar-refractivity contribution in [3.05, 3.63) is 15.6 Å². The van der Waals surface area contributed by atoms with E-state index in [-0.39, 0.29) is 11.9 Å². The van der Waals surface area contributed by atoms with Gasteiger partial charge in [-0.05, 0) is 27.8 Å². The van der Waals surface area contributed by atoms with Gasteiger partial charge in [-0.25, -0.2) is 4.98 Å². The molecule has 2 N–H and O–H groups in total. The summed E-state index contributed by atoms with van der Waals surface area (Å²) in [6, 6.07) is 0.0514. The number of carbonyl (C=O) groups excluding carboxylic acids is 1. The third kappa shape index (κ3) is 3.57. The minimum atomic E-state index is 0.0514. The maximum Gasteiger partial charge on any atom is 0.221 e. The lowest BCUT2D eigenvalue weighted by molar-refractivity contribution is -0.121. The first-order chi connectivity index (χ1) is 7.54. The zero-order chi connectivity index (χ0) is 12.1. The number of aromatic nitrogens is 1. The standard InChI is InChI=1S/C11H19N3OS/c1-7-11(16-9(3)13-7)8(2)14-10(15)5-6-12-4/h8,12H,5-6H2,1-4H3,(H,14,15). The molecule has 1 rings (SSSR count). The highest BCUT2D eigenvalue weighted by Crippen LogP contribution is 2.24. The molecule has 1 aromatic heterocycles. The zero-order valence-electron chi connectivity index (χ0n) is 10.3. The summed E-state index contributed by atoms with van der Waals surface area (Å²) in [4.78, 5) is 17.0. The molecule has 90 valence electrons. The number of thiazole rings is 1. The summed E-state index contributed by atoms with van der Waals surface area (Å²) in [5.74, 6) is 0.0762. The Balaban J connectivity index is 2.55. The van der Waals surface area contributed by atoms with Gasteiger partial charge in [-0.1, -0.05) is 0 Å². The summed E-state index contributed by atoms with van der Waals surface area (Å²) >= 11 is 1.65. The van der Waals surface area contributed by atoms with Gasteiger partial charge in [-0.2, -0.15) is 0 Å². The van der Waals surface area contributed by atoms with Crippen LogP contribution < -0.4 is 10.6 Å². The molecule has 0 aliphatic heterocycles. The lowest BCUT2D eigenvalue weighted by atomic mass is 10.2. The number of carbonyl (C=O) groups is 1. The van der Waals surface area contributed by atoms with Crippen LogP contribution in [0, 0.1) is 13.8 Å². The molecule has 5 heteroatoms. The Bertz CT molecular complexity index is 362. The third-order valence-electron chi connectivity index (χ3n) is 2.31. The summed E-state index contributed by atoms with van der Waals surface area (Å²) in [5, 5.41) is 6.98. The van der Waals surface area contributed by atoms with E-state index in [1.165, 1.54) is 0 Å². The minimum absolute atomic E-state index is 0.0514. The van der Waals surface area contributed by atoms with Gasteiger partial charge in [-0.3, -0.25) is 4.79 Å². The van der Waals surface area contributed by atoms with E-state index in [0.717, 1.165) is 15.6 Å². The van der Waals surface area contributed by atoms with E-state index in [9.17, 15) is 4.79 Å². The molecule has 0 radical (unpaired) electrons. The van der Waals surface area contributed by atoms with E-state index in [4.69, 9.17) is 0 Å². The van der Waals surface area contributed by atoms with E-state index < -0.39 is 0 Å². The van der Waals surface area contributed by atoms with Gasteiger partial charge in [0.1, 0.15) is 0 Å². The van der Waals surface area contributed by atoms with Crippen molar-refractivity contribution < 1.29 is 4.79 Å². The quantitative estimate of drug-likeness (QED) is 0.822. The predicted octanol–water partition coefficient (Wildman–Crippen LogP) is 1.55. The number of hydrogen-bond donors (Lipinski definition) is 2. The Morgan fingerprint density at radius 3 is 2.69 bits per heavy atom. The molecule has 1 atom stereocenters. The van der Waals surface area contributed by atoms with Crippen LogP contribution in [0.1, 0.15) is 35.0 Å². The van der Waals surface area contributed by atoms with Gasteiger partial charge < -0.3 is 10.6 Å². The molecular formula is C11H19N3OS. The van der Waals surface area contributed by atoms with Crippen molar-refractivity contribution in [2.45, 2.75) is 33.2 Å². The van der Waals surface area contributed by atoms with Crippen LogP contribution in [0.15, 0.2) is 0 Å². The molecule has 0 saturated carbocycles.